The van der Waals surface area contributed by atoms with Gasteiger partial charge in [0.25, 0.3) is 0 Å². The van der Waals surface area contributed by atoms with Crippen LogP contribution in [0.4, 0.5) is 0 Å². The molecular formula is C9H11N3. The highest BCUT2D eigenvalue weighted by atomic mass is 15.1. The molecule has 0 unspecified atom stereocenters. The molecule has 12 heavy (non-hydrogen) atoms. The number of nitrogens with two attached hydrogens (primary N) is 1. The Morgan fingerprint density at radius 1 is 1.33 bits per heavy atom. The Labute approximate surface area is 71.6 Å². The van der Waals surface area contributed by atoms with E-state index in [0.29, 0.717) is 5.71 Å². The third kappa shape index (κ3) is 1.92. The maximum atomic E-state index is 5.19. The second kappa shape index (κ2) is 4.28. The molecule has 0 aromatic heterocycles. The maximum absolute atomic E-state index is 5.19. The lowest BCUT2D eigenvalue weighted by molar-refractivity contribution is 1.25. The lowest BCUT2D eigenvalue weighted by Gasteiger charge is -1.96. The van der Waals surface area contributed by atoms with Crippen LogP contribution in [0.5, 0.6) is 0 Å². The molecule has 0 heterocycles. The first-order chi connectivity index (χ1) is 5.88. The number of aliphatic imine (C=N–C) groups is 1. The van der Waals surface area contributed by atoms with Crippen molar-refractivity contribution in [3.63, 3.8) is 0 Å². The average molecular weight is 161 g/mol. The van der Waals surface area contributed by atoms with E-state index in [1.165, 1.54) is 0 Å². The summed E-state index contributed by atoms with van der Waals surface area (Å²) in [5.41, 5.74) is 1.67. The summed E-state index contributed by atoms with van der Waals surface area (Å²) in [6, 6.07) is 9.69. The van der Waals surface area contributed by atoms with Crippen LogP contribution < -0.4 is 5.84 Å². The summed E-state index contributed by atoms with van der Waals surface area (Å²) in [5.74, 6) is 5.19. The molecule has 1 aromatic carbocycles. The SMILES string of the molecule is CN=CC(=NN)c1ccccc1. The van der Waals surface area contributed by atoms with E-state index in [2.05, 4.69) is 10.1 Å². The highest BCUT2D eigenvalue weighted by Crippen LogP contribution is 1.98. The molecule has 0 aliphatic carbocycles. The second-order valence-corrected chi connectivity index (χ2v) is 2.27. The van der Waals surface area contributed by atoms with E-state index < -0.39 is 0 Å². The number of hydrogen-bond donors (Lipinski definition) is 1. The Kier molecular flexibility index (Phi) is 3.02. The number of nitrogens with zero attached hydrogens (tertiary/aromatic N) is 2. The van der Waals surface area contributed by atoms with Gasteiger partial charge in [-0.05, 0) is 0 Å². The molecule has 0 fully saturated rings. The fourth-order valence-corrected chi connectivity index (χ4v) is 0.914. The van der Waals surface area contributed by atoms with Gasteiger partial charge in [0.15, 0.2) is 0 Å². The Bertz CT molecular complexity index is 288. The van der Waals surface area contributed by atoms with Crippen LogP contribution in [0.25, 0.3) is 0 Å². The first-order valence-corrected chi connectivity index (χ1v) is 3.64. The molecule has 0 radical (unpaired) electrons. The van der Waals surface area contributed by atoms with E-state index in [1.54, 1.807) is 13.3 Å². The molecule has 3 heteroatoms. The Morgan fingerprint density at radius 2 is 2.00 bits per heavy atom. The summed E-state index contributed by atoms with van der Waals surface area (Å²) in [4.78, 5) is 3.85. The van der Waals surface area contributed by atoms with Crippen molar-refractivity contribution in [1.29, 1.82) is 0 Å². The zero-order valence-corrected chi connectivity index (χ0v) is 6.94. The summed E-state index contributed by atoms with van der Waals surface area (Å²) in [5, 5.41) is 3.62. The Hall–Kier alpha value is -1.64. The molecule has 0 aliphatic heterocycles. The highest BCUT2D eigenvalue weighted by Gasteiger charge is 1.96. The average Bonchev–Trinajstić information content (AvgIpc) is 2.15. The Morgan fingerprint density at radius 3 is 2.50 bits per heavy atom. The molecule has 0 amide bonds. The van der Waals surface area contributed by atoms with Crippen LogP contribution in [0, 0.1) is 0 Å². The van der Waals surface area contributed by atoms with Crippen LogP contribution in [0.1, 0.15) is 5.56 Å². The van der Waals surface area contributed by atoms with Crippen molar-refractivity contribution in [2.45, 2.75) is 0 Å². The van der Waals surface area contributed by atoms with E-state index in [0.717, 1.165) is 5.56 Å². The predicted molar refractivity (Wildman–Crippen MR) is 51.6 cm³/mol. The zero-order valence-electron chi connectivity index (χ0n) is 6.94. The summed E-state index contributed by atoms with van der Waals surface area (Å²) in [6.45, 7) is 0. The zero-order chi connectivity index (χ0) is 8.81. The summed E-state index contributed by atoms with van der Waals surface area (Å²) in [7, 11) is 1.69. The summed E-state index contributed by atoms with van der Waals surface area (Å²) in [6.07, 6.45) is 1.63. The lowest BCUT2D eigenvalue weighted by atomic mass is 10.1. The fourth-order valence-electron chi connectivity index (χ4n) is 0.914. The van der Waals surface area contributed by atoms with Gasteiger partial charge in [-0.3, -0.25) is 4.99 Å². The van der Waals surface area contributed by atoms with Gasteiger partial charge in [-0.2, -0.15) is 5.10 Å². The number of hydrazone groups is 1. The standard InChI is InChI=1S/C9H11N3/c1-11-7-9(12-10)8-5-3-2-4-6-8/h2-7H,10H2,1H3. The quantitative estimate of drug-likeness (QED) is 0.393. The van der Waals surface area contributed by atoms with Gasteiger partial charge >= 0.3 is 0 Å². The van der Waals surface area contributed by atoms with Crippen molar-refractivity contribution in [1.82, 2.24) is 0 Å². The van der Waals surface area contributed by atoms with E-state index in [9.17, 15) is 0 Å². The van der Waals surface area contributed by atoms with Gasteiger partial charge in [0, 0.05) is 18.8 Å². The van der Waals surface area contributed by atoms with Gasteiger partial charge in [0.2, 0.25) is 0 Å². The molecule has 1 aromatic rings. The minimum Gasteiger partial charge on any atom is -0.323 e. The highest BCUT2D eigenvalue weighted by molar-refractivity contribution is 6.38. The normalized spacial score (nSPS) is 12.2. The summed E-state index contributed by atoms with van der Waals surface area (Å²) < 4.78 is 0. The van der Waals surface area contributed by atoms with E-state index in [4.69, 9.17) is 5.84 Å². The van der Waals surface area contributed by atoms with E-state index in [-0.39, 0.29) is 0 Å². The van der Waals surface area contributed by atoms with Crippen molar-refractivity contribution in [2.24, 2.45) is 15.9 Å². The molecule has 0 saturated heterocycles. The molecule has 3 nitrogen and oxygen atoms in total. The topological polar surface area (TPSA) is 50.7 Å². The monoisotopic (exact) mass is 161 g/mol. The minimum absolute atomic E-state index is 0.693. The van der Waals surface area contributed by atoms with Crippen molar-refractivity contribution >= 4 is 11.9 Å². The maximum Gasteiger partial charge on any atom is 0.108 e. The van der Waals surface area contributed by atoms with Gasteiger partial charge in [-0.25, -0.2) is 0 Å². The van der Waals surface area contributed by atoms with Gasteiger partial charge in [0.05, 0.1) is 0 Å². The van der Waals surface area contributed by atoms with Crippen molar-refractivity contribution < 1.29 is 0 Å². The first kappa shape index (κ1) is 8.46. The number of hydrogen-bond acceptors (Lipinski definition) is 3. The minimum atomic E-state index is 0.693. The van der Waals surface area contributed by atoms with Gasteiger partial charge < -0.3 is 5.84 Å². The van der Waals surface area contributed by atoms with Gasteiger partial charge in [0.1, 0.15) is 5.71 Å². The molecule has 1 rings (SSSR count). The van der Waals surface area contributed by atoms with Gasteiger partial charge in [-0.15, -0.1) is 0 Å². The molecule has 0 atom stereocenters. The third-order valence-corrected chi connectivity index (χ3v) is 1.46. The van der Waals surface area contributed by atoms with Crippen molar-refractivity contribution in [2.75, 3.05) is 7.05 Å². The van der Waals surface area contributed by atoms with Crippen LogP contribution >= 0.6 is 0 Å². The summed E-state index contributed by atoms with van der Waals surface area (Å²) >= 11 is 0. The van der Waals surface area contributed by atoms with Crippen molar-refractivity contribution in [3.05, 3.63) is 35.9 Å². The van der Waals surface area contributed by atoms with E-state index >= 15 is 0 Å². The number of benzene rings is 1. The largest absolute Gasteiger partial charge is 0.323 e. The van der Waals surface area contributed by atoms with Crippen LogP contribution in [0.3, 0.4) is 0 Å². The molecule has 0 spiro atoms. The number of rotatable bonds is 2. The van der Waals surface area contributed by atoms with Crippen LogP contribution in [0.2, 0.25) is 0 Å². The molecule has 62 valence electrons. The molecular weight excluding hydrogens is 150 g/mol. The fraction of sp³-hybridized carbons (Fsp3) is 0.111. The van der Waals surface area contributed by atoms with Gasteiger partial charge in [-0.1, -0.05) is 30.3 Å². The van der Waals surface area contributed by atoms with E-state index in [1.807, 2.05) is 30.3 Å². The Balaban J connectivity index is 2.97. The van der Waals surface area contributed by atoms with Crippen LogP contribution in [-0.2, 0) is 0 Å². The van der Waals surface area contributed by atoms with Crippen molar-refractivity contribution in [3.8, 4) is 0 Å². The third-order valence-electron chi connectivity index (χ3n) is 1.46. The molecule has 2 N–H and O–H groups in total. The molecule has 0 saturated carbocycles. The van der Waals surface area contributed by atoms with Crippen LogP contribution in [0.15, 0.2) is 40.4 Å². The lowest BCUT2D eigenvalue weighted by Crippen LogP contribution is -2.05. The second-order valence-electron chi connectivity index (χ2n) is 2.27. The van der Waals surface area contributed by atoms with Crippen LogP contribution in [-0.4, -0.2) is 19.0 Å². The smallest absolute Gasteiger partial charge is 0.108 e. The molecule has 0 bridgehead atoms. The first-order valence-electron chi connectivity index (χ1n) is 3.64. The molecule has 0 aliphatic rings. The predicted octanol–water partition coefficient (Wildman–Crippen LogP) is 1.05.